The molecule has 2 nitrogen and oxygen atoms in total. The minimum atomic E-state index is -0.265. The zero-order chi connectivity index (χ0) is 21.7. The van der Waals surface area contributed by atoms with Crippen LogP contribution in [0.25, 0.3) is 0 Å². The number of ether oxygens (including phenoxy) is 2. The van der Waals surface area contributed by atoms with Crippen molar-refractivity contribution in [1.82, 2.24) is 0 Å². The molecule has 0 amide bonds. The van der Waals surface area contributed by atoms with Crippen LogP contribution in [0, 0.1) is 17.8 Å². The van der Waals surface area contributed by atoms with Gasteiger partial charge in [0.05, 0.1) is 6.61 Å². The van der Waals surface area contributed by atoms with Gasteiger partial charge in [-0.25, -0.2) is 0 Å². The lowest BCUT2D eigenvalue weighted by molar-refractivity contribution is -0.0654. The molecule has 2 rings (SSSR count). The summed E-state index contributed by atoms with van der Waals surface area (Å²) in [6.45, 7) is 18.7. The highest BCUT2D eigenvalue weighted by molar-refractivity contribution is 5.30. The fourth-order valence-corrected chi connectivity index (χ4v) is 3.64. The molecule has 0 saturated carbocycles. The molecule has 0 radical (unpaired) electrons. The van der Waals surface area contributed by atoms with E-state index in [9.17, 15) is 0 Å². The Bertz CT molecular complexity index is 730. The molecule has 0 spiro atoms. The van der Waals surface area contributed by atoms with Crippen molar-refractivity contribution in [3.63, 3.8) is 0 Å². The minimum absolute atomic E-state index is 0.224. The highest BCUT2D eigenvalue weighted by Crippen LogP contribution is 2.43. The summed E-state index contributed by atoms with van der Waals surface area (Å²) in [7, 11) is 0. The van der Waals surface area contributed by atoms with Gasteiger partial charge in [-0.1, -0.05) is 83.5 Å². The van der Waals surface area contributed by atoms with Crippen LogP contribution >= 0.6 is 0 Å². The number of aryl methyl sites for hydroxylation is 1. The lowest BCUT2D eigenvalue weighted by Gasteiger charge is -2.36. The van der Waals surface area contributed by atoms with E-state index in [1.807, 2.05) is 6.92 Å². The van der Waals surface area contributed by atoms with Gasteiger partial charge in [0.1, 0.15) is 5.75 Å². The van der Waals surface area contributed by atoms with E-state index in [1.54, 1.807) is 0 Å². The van der Waals surface area contributed by atoms with Crippen LogP contribution in [-0.2, 0) is 11.2 Å². The summed E-state index contributed by atoms with van der Waals surface area (Å²) < 4.78 is 11.8. The Labute approximate surface area is 178 Å². The normalized spacial score (nSPS) is 14.5. The van der Waals surface area contributed by atoms with Crippen LogP contribution in [0.2, 0.25) is 0 Å². The summed E-state index contributed by atoms with van der Waals surface area (Å²) in [5, 5.41) is 0. The van der Waals surface area contributed by atoms with Gasteiger partial charge in [-0.2, -0.15) is 0 Å². The lowest BCUT2D eigenvalue weighted by Crippen LogP contribution is -2.24. The Hall–Kier alpha value is -1.80. The number of hydrogen-bond donors (Lipinski definition) is 0. The zero-order valence-electron chi connectivity index (χ0n) is 19.7. The summed E-state index contributed by atoms with van der Waals surface area (Å²) in [6.07, 6.45) is 1.79. The van der Waals surface area contributed by atoms with Crippen LogP contribution in [0.15, 0.2) is 48.5 Å². The summed E-state index contributed by atoms with van der Waals surface area (Å²) in [5.41, 5.74) is 4.48. The van der Waals surface area contributed by atoms with Crippen molar-refractivity contribution in [3.8, 4) is 5.75 Å². The van der Waals surface area contributed by atoms with Gasteiger partial charge < -0.3 is 9.47 Å². The molecule has 0 heterocycles. The Morgan fingerprint density at radius 1 is 0.828 bits per heavy atom. The van der Waals surface area contributed by atoms with Gasteiger partial charge in [0.25, 0.3) is 0 Å². The molecule has 1 unspecified atom stereocenters. The monoisotopic (exact) mass is 396 g/mol. The Morgan fingerprint density at radius 3 is 1.93 bits per heavy atom. The molecular formula is C27H40O2. The van der Waals surface area contributed by atoms with E-state index in [2.05, 4.69) is 97.0 Å². The third-order valence-corrected chi connectivity index (χ3v) is 5.31. The molecule has 2 heteroatoms. The van der Waals surface area contributed by atoms with E-state index in [0.717, 1.165) is 18.6 Å². The molecule has 0 aromatic heterocycles. The van der Waals surface area contributed by atoms with Gasteiger partial charge in [0, 0.05) is 0 Å². The van der Waals surface area contributed by atoms with E-state index in [1.165, 1.54) is 16.7 Å². The maximum absolute atomic E-state index is 5.97. The predicted molar refractivity (Wildman–Crippen MR) is 124 cm³/mol. The first-order valence-electron chi connectivity index (χ1n) is 10.9. The van der Waals surface area contributed by atoms with Crippen LogP contribution in [0.1, 0.15) is 77.5 Å². The third kappa shape index (κ3) is 8.22. The molecule has 2 aromatic rings. The molecule has 2 aromatic carbocycles. The molecule has 0 aliphatic rings. The van der Waals surface area contributed by atoms with Crippen LogP contribution in [0.4, 0.5) is 0 Å². The second-order valence-corrected chi connectivity index (χ2v) is 10.5. The summed E-state index contributed by atoms with van der Waals surface area (Å²) in [4.78, 5) is 0. The second kappa shape index (κ2) is 9.80. The van der Waals surface area contributed by atoms with Crippen molar-refractivity contribution in [2.45, 2.75) is 80.4 Å². The predicted octanol–water partition coefficient (Wildman–Crippen LogP) is 7.55. The summed E-state index contributed by atoms with van der Waals surface area (Å²) in [6, 6.07) is 17.2. The molecule has 0 N–H and O–H groups in total. The molecule has 0 aliphatic heterocycles. The van der Waals surface area contributed by atoms with Gasteiger partial charge in [-0.3, -0.25) is 0 Å². The largest absolute Gasteiger partial charge is 0.465 e. The number of rotatable bonds is 8. The summed E-state index contributed by atoms with van der Waals surface area (Å²) in [5.74, 6) is 1.37. The molecule has 29 heavy (non-hydrogen) atoms. The fraction of sp³-hybridized carbons (Fsp3) is 0.556. The molecule has 0 fully saturated rings. The van der Waals surface area contributed by atoms with Crippen LogP contribution in [0.5, 0.6) is 5.75 Å². The SMILES string of the molecule is Cc1ccc(CCOC(C)Oc2ccc([C@@H](CC(C)(C)C)C(C)(C)C)cc2)cc1. The van der Waals surface area contributed by atoms with Crippen molar-refractivity contribution in [2.75, 3.05) is 6.61 Å². The molecular weight excluding hydrogens is 356 g/mol. The van der Waals surface area contributed by atoms with Crippen LogP contribution in [0.3, 0.4) is 0 Å². The molecule has 160 valence electrons. The standard InChI is InChI=1S/C27H40O2/c1-20-9-11-22(12-10-20)17-18-28-21(2)29-24-15-13-23(14-16-24)25(27(6,7)8)19-26(3,4)5/h9-16,21,25H,17-19H2,1-8H3/t21?,25-/m1/s1. The van der Waals surface area contributed by atoms with E-state index in [0.29, 0.717) is 17.9 Å². The molecule has 0 aliphatic carbocycles. The maximum Gasteiger partial charge on any atom is 0.196 e. The molecule has 0 bridgehead atoms. The Balaban J connectivity index is 1.90. The number of hydrogen-bond acceptors (Lipinski definition) is 2. The van der Waals surface area contributed by atoms with Gasteiger partial charge >= 0.3 is 0 Å². The molecule has 0 saturated heterocycles. The second-order valence-electron chi connectivity index (χ2n) is 10.5. The Kier molecular flexibility index (Phi) is 7.94. The van der Waals surface area contributed by atoms with Crippen molar-refractivity contribution in [2.24, 2.45) is 10.8 Å². The summed E-state index contributed by atoms with van der Waals surface area (Å²) >= 11 is 0. The van der Waals surface area contributed by atoms with Gasteiger partial charge in [-0.15, -0.1) is 0 Å². The Morgan fingerprint density at radius 2 is 1.41 bits per heavy atom. The average molecular weight is 397 g/mol. The molecule has 2 atom stereocenters. The smallest absolute Gasteiger partial charge is 0.196 e. The van der Waals surface area contributed by atoms with Gasteiger partial charge in [-0.05, 0) is 66.7 Å². The van der Waals surface area contributed by atoms with Crippen LogP contribution < -0.4 is 4.74 Å². The van der Waals surface area contributed by atoms with Crippen molar-refractivity contribution in [1.29, 1.82) is 0 Å². The van der Waals surface area contributed by atoms with Crippen LogP contribution in [-0.4, -0.2) is 12.9 Å². The first-order valence-corrected chi connectivity index (χ1v) is 10.9. The van der Waals surface area contributed by atoms with E-state index < -0.39 is 0 Å². The third-order valence-electron chi connectivity index (χ3n) is 5.31. The van der Waals surface area contributed by atoms with E-state index in [-0.39, 0.29) is 11.7 Å². The highest BCUT2D eigenvalue weighted by atomic mass is 16.7. The maximum atomic E-state index is 5.97. The fourth-order valence-electron chi connectivity index (χ4n) is 3.64. The number of benzene rings is 2. The van der Waals surface area contributed by atoms with Crippen molar-refractivity contribution < 1.29 is 9.47 Å². The minimum Gasteiger partial charge on any atom is -0.465 e. The first kappa shape index (κ1) is 23.5. The van der Waals surface area contributed by atoms with Crippen molar-refractivity contribution in [3.05, 3.63) is 65.2 Å². The van der Waals surface area contributed by atoms with E-state index in [4.69, 9.17) is 9.47 Å². The quantitative estimate of drug-likeness (QED) is 0.429. The van der Waals surface area contributed by atoms with Crippen molar-refractivity contribution >= 4 is 0 Å². The highest BCUT2D eigenvalue weighted by Gasteiger charge is 2.30. The van der Waals surface area contributed by atoms with Gasteiger partial charge in [0.15, 0.2) is 6.29 Å². The van der Waals surface area contributed by atoms with E-state index >= 15 is 0 Å². The lowest BCUT2D eigenvalue weighted by atomic mass is 9.69. The van der Waals surface area contributed by atoms with Gasteiger partial charge in [0.2, 0.25) is 0 Å². The topological polar surface area (TPSA) is 18.5 Å². The zero-order valence-corrected chi connectivity index (χ0v) is 19.7. The average Bonchev–Trinajstić information content (AvgIpc) is 2.61. The first-order chi connectivity index (χ1) is 13.4.